The van der Waals surface area contributed by atoms with Crippen molar-refractivity contribution in [2.45, 2.75) is 6.18 Å². The Morgan fingerprint density at radius 1 is 0.852 bits per heavy atom. The van der Waals surface area contributed by atoms with Crippen molar-refractivity contribution in [3.8, 4) is 11.5 Å². The summed E-state index contributed by atoms with van der Waals surface area (Å²) >= 11 is 0. The van der Waals surface area contributed by atoms with Crippen LogP contribution in [0.2, 0.25) is 0 Å². The topological polar surface area (TPSA) is 38.3 Å². The Morgan fingerprint density at radius 3 is 2.26 bits per heavy atom. The second-order valence-electron chi connectivity index (χ2n) is 5.59. The van der Waals surface area contributed by atoms with E-state index in [2.05, 4.69) is 5.32 Å². The summed E-state index contributed by atoms with van der Waals surface area (Å²) in [6.07, 6.45) is -4.85. The van der Waals surface area contributed by atoms with Crippen molar-refractivity contribution < 1.29 is 27.1 Å². The number of benzene rings is 3. The Balaban J connectivity index is 1.78. The molecular formula is C20H13F4NO2. The van der Waals surface area contributed by atoms with Crippen molar-refractivity contribution in [2.75, 3.05) is 5.32 Å². The smallest absolute Gasteiger partial charge is 0.419 e. The van der Waals surface area contributed by atoms with Crippen LogP contribution in [0.25, 0.3) is 0 Å². The molecule has 0 aliphatic carbocycles. The summed E-state index contributed by atoms with van der Waals surface area (Å²) in [5, 5.41) is 2.33. The van der Waals surface area contributed by atoms with Crippen LogP contribution in [0.3, 0.4) is 0 Å². The minimum Gasteiger partial charge on any atom is -0.457 e. The lowest BCUT2D eigenvalue weighted by atomic mass is 10.1. The van der Waals surface area contributed by atoms with Gasteiger partial charge in [0.25, 0.3) is 5.91 Å². The molecule has 1 N–H and O–H groups in total. The first-order valence-corrected chi connectivity index (χ1v) is 7.84. The number of hydrogen-bond donors (Lipinski definition) is 1. The number of amides is 1. The molecule has 3 rings (SSSR count). The Morgan fingerprint density at radius 2 is 1.56 bits per heavy atom. The first-order chi connectivity index (χ1) is 12.8. The number of ether oxygens (including phenoxy) is 1. The molecule has 1 amide bonds. The predicted molar refractivity (Wildman–Crippen MR) is 92.3 cm³/mol. The molecule has 0 aliphatic heterocycles. The second-order valence-corrected chi connectivity index (χ2v) is 5.59. The zero-order valence-electron chi connectivity index (χ0n) is 13.8. The minimum absolute atomic E-state index is 0.164. The van der Waals surface area contributed by atoms with Gasteiger partial charge >= 0.3 is 6.18 Å². The largest absolute Gasteiger partial charge is 0.457 e. The maximum absolute atomic E-state index is 13.3. The van der Waals surface area contributed by atoms with Crippen molar-refractivity contribution in [3.63, 3.8) is 0 Å². The van der Waals surface area contributed by atoms with E-state index >= 15 is 0 Å². The lowest BCUT2D eigenvalue weighted by molar-refractivity contribution is -0.139. The normalized spacial score (nSPS) is 11.1. The van der Waals surface area contributed by atoms with Crippen LogP contribution in [-0.2, 0) is 6.18 Å². The van der Waals surface area contributed by atoms with Crippen molar-refractivity contribution in [2.24, 2.45) is 0 Å². The Kier molecular flexibility index (Phi) is 5.12. The third kappa shape index (κ3) is 4.63. The van der Waals surface area contributed by atoms with Crippen molar-refractivity contribution in [1.82, 2.24) is 0 Å². The third-order valence-electron chi connectivity index (χ3n) is 3.60. The Bertz CT molecular complexity index is 956. The van der Waals surface area contributed by atoms with Crippen molar-refractivity contribution in [1.29, 1.82) is 0 Å². The van der Waals surface area contributed by atoms with Gasteiger partial charge in [0.2, 0.25) is 0 Å². The molecule has 0 unspecified atom stereocenters. The summed E-state index contributed by atoms with van der Waals surface area (Å²) in [5.41, 5.74) is -1.43. The molecule has 138 valence electrons. The van der Waals surface area contributed by atoms with Gasteiger partial charge in [0.1, 0.15) is 17.3 Å². The lowest BCUT2D eigenvalue weighted by Crippen LogP contribution is -2.14. The molecule has 0 saturated heterocycles. The van der Waals surface area contributed by atoms with Crippen LogP contribution >= 0.6 is 0 Å². The maximum Gasteiger partial charge on any atom is 0.419 e. The van der Waals surface area contributed by atoms with E-state index < -0.39 is 23.5 Å². The van der Waals surface area contributed by atoms with Crippen molar-refractivity contribution in [3.05, 3.63) is 89.7 Å². The van der Waals surface area contributed by atoms with Gasteiger partial charge in [0, 0.05) is 11.3 Å². The highest BCUT2D eigenvalue weighted by Crippen LogP contribution is 2.33. The third-order valence-corrected chi connectivity index (χ3v) is 3.60. The molecule has 0 fully saturated rings. The van der Waals surface area contributed by atoms with Crippen molar-refractivity contribution >= 4 is 11.6 Å². The summed E-state index contributed by atoms with van der Waals surface area (Å²) in [6, 6.07) is 17.3. The van der Waals surface area contributed by atoms with Crippen LogP contribution in [-0.4, -0.2) is 5.91 Å². The molecule has 0 saturated carbocycles. The van der Waals surface area contributed by atoms with E-state index in [1.807, 2.05) is 6.07 Å². The van der Waals surface area contributed by atoms with Gasteiger partial charge in [-0.1, -0.05) is 24.3 Å². The van der Waals surface area contributed by atoms with E-state index in [1.54, 1.807) is 36.4 Å². The minimum atomic E-state index is -4.85. The second kappa shape index (κ2) is 7.49. The Labute approximate surface area is 152 Å². The number of halogens is 4. The zero-order chi connectivity index (χ0) is 19.4. The molecule has 0 spiro atoms. The molecule has 27 heavy (non-hydrogen) atoms. The van der Waals surface area contributed by atoms with E-state index in [0.717, 1.165) is 6.07 Å². The molecule has 3 aromatic carbocycles. The van der Waals surface area contributed by atoms with Crippen LogP contribution < -0.4 is 10.1 Å². The summed E-state index contributed by atoms with van der Waals surface area (Å²) in [6.45, 7) is 0. The molecule has 3 aromatic rings. The van der Waals surface area contributed by atoms with E-state index in [1.165, 1.54) is 12.1 Å². The zero-order valence-corrected chi connectivity index (χ0v) is 13.8. The molecule has 0 aromatic heterocycles. The maximum atomic E-state index is 13.3. The number of carbonyl (C=O) groups excluding carboxylic acids is 1. The monoisotopic (exact) mass is 375 g/mol. The summed E-state index contributed by atoms with van der Waals surface area (Å²) in [4.78, 5) is 12.3. The van der Waals surface area contributed by atoms with Crippen LogP contribution in [0.4, 0.5) is 23.2 Å². The highest BCUT2D eigenvalue weighted by Gasteiger charge is 2.34. The molecule has 0 heterocycles. The number of para-hydroxylation sites is 1. The fourth-order valence-corrected chi connectivity index (χ4v) is 2.35. The highest BCUT2D eigenvalue weighted by atomic mass is 19.4. The van der Waals surface area contributed by atoms with Crippen LogP contribution in [0.15, 0.2) is 72.8 Å². The highest BCUT2D eigenvalue weighted by molar-refractivity contribution is 6.04. The molecular weight excluding hydrogens is 362 g/mol. The number of rotatable bonds is 4. The molecule has 3 nitrogen and oxygen atoms in total. The summed E-state index contributed by atoms with van der Waals surface area (Å²) in [5.74, 6) is -1.08. The van der Waals surface area contributed by atoms with Crippen LogP contribution in [0.1, 0.15) is 15.9 Å². The average Bonchev–Trinajstić information content (AvgIpc) is 2.63. The first-order valence-electron chi connectivity index (χ1n) is 7.84. The number of hydrogen-bond acceptors (Lipinski definition) is 2. The van der Waals surface area contributed by atoms with Gasteiger partial charge in [-0.25, -0.2) is 4.39 Å². The summed E-state index contributed by atoms with van der Waals surface area (Å²) in [7, 11) is 0. The Hall–Kier alpha value is -3.35. The molecule has 7 heteroatoms. The number of alkyl halides is 3. The fraction of sp³-hybridized carbons (Fsp3) is 0.0500. The molecule has 0 aliphatic rings. The van der Waals surface area contributed by atoms with E-state index in [9.17, 15) is 22.4 Å². The molecule has 0 bridgehead atoms. The van der Waals surface area contributed by atoms with E-state index in [0.29, 0.717) is 23.6 Å². The summed E-state index contributed by atoms with van der Waals surface area (Å²) < 4.78 is 57.3. The number of nitrogens with one attached hydrogen (secondary N) is 1. The van der Waals surface area contributed by atoms with Crippen LogP contribution in [0.5, 0.6) is 11.5 Å². The van der Waals surface area contributed by atoms with E-state index in [-0.39, 0.29) is 11.3 Å². The average molecular weight is 375 g/mol. The van der Waals surface area contributed by atoms with Gasteiger partial charge in [-0.05, 0) is 48.5 Å². The predicted octanol–water partition coefficient (Wildman–Crippen LogP) is 5.89. The molecule has 0 atom stereocenters. The van der Waals surface area contributed by atoms with Gasteiger partial charge in [-0.3, -0.25) is 4.79 Å². The van der Waals surface area contributed by atoms with Crippen LogP contribution in [0, 0.1) is 5.82 Å². The van der Waals surface area contributed by atoms with Gasteiger partial charge in [0.05, 0.1) is 5.56 Å². The first kappa shape index (κ1) is 18.4. The van der Waals surface area contributed by atoms with Gasteiger partial charge < -0.3 is 10.1 Å². The molecule has 0 radical (unpaired) electrons. The van der Waals surface area contributed by atoms with Gasteiger partial charge in [-0.15, -0.1) is 0 Å². The fourth-order valence-electron chi connectivity index (χ4n) is 2.35. The SMILES string of the molecule is O=C(Nc1ccc(F)c(C(F)(F)F)c1)c1cccc(Oc2ccccc2)c1. The van der Waals surface area contributed by atoms with Gasteiger partial charge in [-0.2, -0.15) is 13.2 Å². The van der Waals surface area contributed by atoms with E-state index in [4.69, 9.17) is 4.74 Å². The van der Waals surface area contributed by atoms with Gasteiger partial charge in [0.15, 0.2) is 0 Å². The standard InChI is InChI=1S/C20H13F4NO2/c21-18-10-9-14(12-17(18)20(22,23)24)25-19(26)13-5-4-8-16(11-13)27-15-6-2-1-3-7-15/h1-12H,(H,25,26). The quantitative estimate of drug-likeness (QED) is 0.578. The number of carbonyl (C=O) groups is 1. The lowest BCUT2D eigenvalue weighted by Gasteiger charge is -2.11. The number of anilines is 1.